The topological polar surface area (TPSA) is 92.2 Å². The summed E-state index contributed by atoms with van der Waals surface area (Å²) < 4.78 is 33.8. The van der Waals surface area contributed by atoms with E-state index in [1.54, 1.807) is 0 Å². The molecule has 1 rings (SSSR count). The van der Waals surface area contributed by atoms with Crippen LogP contribution in [0, 0.1) is 5.82 Å². The molecule has 0 bridgehead atoms. The zero-order valence-corrected chi connectivity index (χ0v) is 8.09. The maximum atomic E-state index is 13.1. The summed E-state index contributed by atoms with van der Waals surface area (Å²) in [6.45, 7) is 0. The largest absolute Gasteiger partial charge is 0.772 e. The van der Waals surface area contributed by atoms with Crippen molar-refractivity contribution in [1.29, 1.82) is 0 Å². The molecule has 6 heteroatoms. The van der Waals surface area contributed by atoms with Gasteiger partial charge in [0.15, 0.2) is 0 Å². The second-order valence-electron chi connectivity index (χ2n) is 2.86. The predicted molar refractivity (Wildman–Crippen MR) is 51.5 cm³/mol. The summed E-state index contributed by atoms with van der Waals surface area (Å²) in [7, 11) is 0. The van der Waals surface area contributed by atoms with E-state index in [1.807, 2.05) is 0 Å². The summed E-state index contributed by atoms with van der Waals surface area (Å²) in [5.41, 5.74) is 11.4. The summed E-state index contributed by atoms with van der Waals surface area (Å²) in [6, 6.07) is 3.02. The van der Waals surface area contributed by atoms with Gasteiger partial charge in [-0.1, -0.05) is 11.1 Å². The van der Waals surface area contributed by atoms with Crippen LogP contribution in [-0.2, 0) is 11.1 Å². The quantitative estimate of drug-likeness (QED) is 0.562. The Morgan fingerprint density at radius 2 is 2.21 bits per heavy atom. The first-order chi connectivity index (χ1) is 6.50. The van der Waals surface area contributed by atoms with Gasteiger partial charge in [0.05, 0.1) is 0 Å². The number of hydrogen-bond donors (Lipinski definition) is 2. The summed E-state index contributed by atoms with van der Waals surface area (Å²) in [4.78, 5) is 0. The zero-order valence-electron chi connectivity index (χ0n) is 7.27. The number of rotatable bonds is 3. The van der Waals surface area contributed by atoms with Crippen molar-refractivity contribution in [3.63, 3.8) is 0 Å². The van der Waals surface area contributed by atoms with E-state index in [2.05, 4.69) is 0 Å². The van der Waals surface area contributed by atoms with E-state index in [9.17, 15) is 13.2 Å². The molecule has 14 heavy (non-hydrogen) atoms. The van der Waals surface area contributed by atoms with E-state index < -0.39 is 22.9 Å². The molecule has 0 radical (unpaired) electrons. The second-order valence-corrected chi connectivity index (χ2v) is 3.80. The van der Waals surface area contributed by atoms with Gasteiger partial charge in [-0.2, -0.15) is 0 Å². The van der Waals surface area contributed by atoms with Gasteiger partial charge in [0.1, 0.15) is 5.82 Å². The van der Waals surface area contributed by atoms with E-state index >= 15 is 0 Å². The van der Waals surface area contributed by atoms with Gasteiger partial charge in [-0.25, -0.2) is 4.39 Å². The minimum atomic E-state index is -2.29. The Balaban J connectivity index is 2.93. The Hall–Kier alpha value is -0.980. The average molecular weight is 217 g/mol. The molecule has 4 N–H and O–H groups in total. The maximum absolute atomic E-state index is 13.1. The number of hydrogen-bond acceptors (Lipinski definition) is 4. The number of nitrogens with two attached hydrogens (primary N) is 2. The van der Waals surface area contributed by atoms with Crippen molar-refractivity contribution in [2.75, 3.05) is 11.5 Å². The minimum absolute atomic E-state index is 0.120. The Labute approximate surface area is 83.4 Å². The Morgan fingerprint density at radius 1 is 1.57 bits per heavy atom. The van der Waals surface area contributed by atoms with E-state index in [0.29, 0.717) is 5.69 Å². The van der Waals surface area contributed by atoms with Gasteiger partial charge in [-0.05, 0) is 18.2 Å². The molecule has 0 spiro atoms. The Bertz CT molecular complexity index is 359. The molecule has 0 fully saturated rings. The lowest BCUT2D eigenvalue weighted by Gasteiger charge is -2.14. The van der Waals surface area contributed by atoms with Crippen LogP contribution in [0.5, 0.6) is 0 Å². The average Bonchev–Trinajstić information content (AvgIpc) is 2.08. The van der Waals surface area contributed by atoms with Crippen LogP contribution in [0.25, 0.3) is 0 Å². The number of benzene rings is 1. The van der Waals surface area contributed by atoms with Gasteiger partial charge in [0, 0.05) is 23.0 Å². The summed E-state index contributed by atoms with van der Waals surface area (Å²) in [6.07, 6.45) is 0. The van der Waals surface area contributed by atoms with Gasteiger partial charge in [-0.15, -0.1) is 0 Å². The van der Waals surface area contributed by atoms with E-state index in [1.165, 1.54) is 12.1 Å². The smallest absolute Gasteiger partial charge is 0.128 e. The summed E-state index contributed by atoms with van der Waals surface area (Å²) >= 11 is -2.29. The molecule has 1 unspecified atom stereocenters. The fraction of sp³-hybridized carbons (Fsp3) is 0.250. The maximum Gasteiger partial charge on any atom is 0.128 e. The van der Waals surface area contributed by atoms with E-state index in [0.717, 1.165) is 6.07 Å². The lowest BCUT2D eigenvalue weighted by molar-refractivity contribution is 0.528. The highest BCUT2D eigenvalue weighted by Crippen LogP contribution is 2.18. The fourth-order valence-electron chi connectivity index (χ4n) is 1.08. The van der Waals surface area contributed by atoms with Crippen molar-refractivity contribution >= 4 is 16.8 Å². The van der Waals surface area contributed by atoms with Gasteiger partial charge in [0.2, 0.25) is 0 Å². The molecule has 78 valence electrons. The Morgan fingerprint density at radius 3 is 2.79 bits per heavy atom. The Kier molecular flexibility index (Phi) is 3.56. The first kappa shape index (κ1) is 11.1. The molecule has 0 aliphatic carbocycles. The first-order valence-electron chi connectivity index (χ1n) is 3.87. The van der Waals surface area contributed by atoms with Crippen LogP contribution in [0.4, 0.5) is 10.1 Å². The molecule has 0 amide bonds. The number of halogens is 1. The molecule has 0 saturated heterocycles. The second kappa shape index (κ2) is 4.50. The summed E-state index contributed by atoms with van der Waals surface area (Å²) in [5, 5.41) is 0. The lowest BCUT2D eigenvalue weighted by atomic mass is 10.1. The van der Waals surface area contributed by atoms with E-state index in [-0.39, 0.29) is 11.3 Å². The van der Waals surface area contributed by atoms with Crippen LogP contribution in [0.3, 0.4) is 0 Å². The lowest BCUT2D eigenvalue weighted by Crippen LogP contribution is -2.19. The van der Waals surface area contributed by atoms with Gasteiger partial charge < -0.3 is 16.0 Å². The number of nitrogen functional groups attached to an aromatic ring is 1. The fourth-order valence-corrected chi connectivity index (χ4v) is 1.56. The van der Waals surface area contributed by atoms with Crippen LogP contribution in [-0.4, -0.2) is 14.5 Å². The van der Waals surface area contributed by atoms with E-state index in [4.69, 9.17) is 11.5 Å². The highest BCUT2D eigenvalue weighted by atomic mass is 32.2. The highest BCUT2D eigenvalue weighted by Gasteiger charge is 2.11. The molecule has 0 heterocycles. The van der Waals surface area contributed by atoms with Crippen LogP contribution in [0.15, 0.2) is 18.2 Å². The first-order valence-corrected chi connectivity index (χ1v) is 5.11. The molecule has 1 aromatic rings. The van der Waals surface area contributed by atoms with Crippen molar-refractivity contribution < 1.29 is 13.2 Å². The van der Waals surface area contributed by atoms with Crippen molar-refractivity contribution in [1.82, 2.24) is 0 Å². The molecule has 0 aromatic heterocycles. The van der Waals surface area contributed by atoms with Crippen molar-refractivity contribution in [2.24, 2.45) is 5.73 Å². The third-order valence-electron chi connectivity index (χ3n) is 1.74. The monoisotopic (exact) mass is 217 g/mol. The third kappa shape index (κ3) is 2.76. The third-order valence-corrected chi connectivity index (χ3v) is 2.37. The van der Waals surface area contributed by atoms with Crippen LogP contribution >= 0.6 is 0 Å². The highest BCUT2D eigenvalue weighted by molar-refractivity contribution is 7.79. The normalized spacial score (nSPS) is 15.1. The van der Waals surface area contributed by atoms with Gasteiger partial charge in [-0.3, -0.25) is 4.21 Å². The number of anilines is 1. The minimum Gasteiger partial charge on any atom is -0.772 e. The van der Waals surface area contributed by atoms with Crippen molar-refractivity contribution in [3.05, 3.63) is 29.6 Å². The molecule has 0 saturated carbocycles. The van der Waals surface area contributed by atoms with Crippen LogP contribution in [0.1, 0.15) is 11.6 Å². The SMILES string of the molecule is Nc1ccc(F)c([C@@H](N)CS(=O)[O-])c1. The molecule has 0 aliphatic rings. The molecular weight excluding hydrogens is 207 g/mol. The molecule has 1 aromatic carbocycles. The van der Waals surface area contributed by atoms with Crippen LogP contribution in [0.2, 0.25) is 0 Å². The molecular formula is C8H10FN2O2S-. The predicted octanol–water partition coefficient (Wildman–Crippen LogP) is 0.287. The standard InChI is InChI=1S/C8H11FN2O2S/c9-7-2-1-5(10)3-6(7)8(11)4-14(12)13/h1-3,8H,4,10-11H2,(H,12,13)/p-1/t8-/m0/s1. The summed E-state index contributed by atoms with van der Waals surface area (Å²) in [5.74, 6) is -0.863. The van der Waals surface area contributed by atoms with Crippen molar-refractivity contribution in [3.8, 4) is 0 Å². The zero-order chi connectivity index (χ0) is 10.7. The van der Waals surface area contributed by atoms with Gasteiger partial charge >= 0.3 is 0 Å². The molecule has 2 atom stereocenters. The molecule has 4 nitrogen and oxygen atoms in total. The van der Waals surface area contributed by atoms with Crippen molar-refractivity contribution in [2.45, 2.75) is 6.04 Å². The van der Waals surface area contributed by atoms with Crippen LogP contribution < -0.4 is 11.5 Å². The molecule has 0 aliphatic heterocycles. The van der Waals surface area contributed by atoms with Gasteiger partial charge in [0.25, 0.3) is 0 Å².